The Hall–Kier alpha value is -3.06. The van der Waals surface area contributed by atoms with E-state index in [4.69, 9.17) is 19.3 Å². The first-order valence-corrected chi connectivity index (χ1v) is 8.99. The number of hydrogen-bond acceptors (Lipinski definition) is 6. The standard InChI is InChI=1S/C21H23NO6/c1-22(2)9-10-26-18-6-4-3-5-15(18)17-12-21(25)28-19-11-14(7-8-16(17)19)27-13-20(23)24/h3-8,11,17H,9-10,12-13H2,1-2H3,(H,23,24). The van der Waals surface area contributed by atoms with Crippen molar-refractivity contribution in [3.8, 4) is 17.2 Å². The van der Waals surface area contributed by atoms with Gasteiger partial charge in [-0.3, -0.25) is 4.79 Å². The highest BCUT2D eigenvalue weighted by Gasteiger charge is 2.30. The number of nitrogens with zero attached hydrogens (tertiary/aromatic N) is 1. The number of esters is 1. The first-order valence-electron chi connectivity index (χ1n) is 8.99. The lowest BCUT2D eigenvalue weighted by atomic mass is 9.86. The SMILES string of the molecule is CN(C)CCOc1ccccc1C1CC(=O)Oc2cc(OCC(=O)O)ccc21. The summed E-state index contributed by atoms with van der Waals surface area (Å²) in [7, 11) is 3.96. The van der Waals surface area contributed by atoms with Crippen molar-refractivity contribution in [2.75, 3.05) is 33.9 Å². The Kier molecular flexibility index (Phi) is 6.16. The number of carboxylic acid groups (broad SMARTS) is 1. The molecule has 1 atom stereocenters. The Morgan fingerprint density at radius 3 is 2.71 bits per heavy atom. The molecule has 0 saturated carbocycles. The van der Waals surface area contributed by atoms with Gasteiger partial charge in [0.15, 0.2) is 6.61 Å². The number of para-hydroxylation sites is 1. The summed E-state index contributed by atoms with van der Waals surface area (Å²) >= 11 is 0. The molecule has 2 aromatic carbocycles. The van der Waals surface area contributed by atoms with E-state index in [2.05, 4.69) is 0 Å². The maximum absolute atomic E-state index is 12.2. The Balaban J connectivity index is 1.88. The van der Waals surface area contributed by atoms with Crippen LogP contribution in [0.25, 0.3) is 0 Å². The third kappa shape index (κ3) is 4.80. The van der Waals surface area contributed by atoms with Crippen molar-refractivity contribution in [3.63, 3.8) is 0 Å². The zero-order valence-electron chi connectivity index (χ0n) is 15.9. The van der Waals surface area contributed by atoms with Crippen molar-refractivity contribution in [3.05, 3.63) is 53.6 Å². The maximum Gasteiger partial charge on any atom is 0.341 e. The van der Waals surface area contributed by atoms with Crippen LogP contribution in [-0.2, 0) is 9.59 Å². The second kappa shape index (κ2) is 8.75. The van der Waals surface area contributed by atoms with E-state index in [-0.39, 0.29) is 18.3 Å². The monoisotopic (exact) mass is 385 g/mol. The van der Waals surface area contributed by atoms with E-state index in [9.17, 15) is 9.59 Å². The lowest BCUT2D eigenvalue weighted by Crippen LogP contribution is -2.23. The van der Waals surface area contributed by atoms with E-state index >= 15 is 0 Å². The maximum atomic E-state index is 12.2. The van der Waals surface area contributed by atoms with Crippen LogP contribution in [0.3, 0.4) is 0 Å². The van der Waals surface area contributed by atoms with E-state index < -0.39 is 12.6 Å². The second-order valence-corrected chi connectivity index (χ2v) is 6.80. The van der Waals surface area contributed by atoms with Crippen molar-refractivity contribution < 1.29 is 28.9 Å². The van der Waals surface area contributed by atoms with Crippen LogP contribution in [0, 0.1) is 0 Å². The van der Waals surface area contributed by atoms with Crippen molar-refractivity contribution in [2.45, 2.75) is 12.3 Å². The molecule has 1 aliphatic rings. The predicted octanol–water partition coefficient (Wildman–Crippen LogP) is 2.53. The van der Waals surface area contributed by atoms with Crippen LogP contribution in [0.2, 0.25) is 0 Å². The summed E-state index contributed by atoms with van der Waals surface area (Å²) in [5.41, 5.74) is 1.75. The summed E-state index contributed by atoms with van der Waals surface area (Å²) in [6, 6.07) is 12.7. The summed E-state index contributed by atoms with van der Waals surface area (Å²) in [6.07, 6.45) is 0.205. The molecule has 1 N–H and O–H groups in total. The molecule has 0 bridgehead atoms. The van der Waals surface area contributed by atoms with Gasteiger partial charge in [0.1, 0.15) is 23.9 Å². The average Bonchev–Trinajstić information content (AvgIpc) is 2.65. The van der Waals surface area contributed by atoms with Gasteiger partial charge in [0.2, 0.25) is 0 Å². The zero-order valence-corrected chi connectivity index (χ0v) is 15.9. The lowest BCUT2D eigenvalue weighted by Gasteiger charge is -2.27. The summed E-state index contributed by atoms with van der Waals surface area (Å²) in [5.74, 6) is -0.175. The van der Waals surface area contributed by atoms with Gasteiger partial charge in [0.25, 0.3) is 0 Å². The number of likely N-dealkylation sites (N-methyl/N-ethyl adjacent to an activating group) is 1. The summed E-state index contributed by atoms with van der Waals surface area (Å²) in [6.45, 7) is 0.858. The smallest absolute Gasteiger partial charge is 0.341 e. The van der Waals surface area contributed by atoms with Crippen LogP contribution in [0.15, 0.2) is 42.5 Å². The molecule has 0 saturated heterocycles. The fraction of sp³-hybridized carbons (Fsp3) is 0.333. The molecule has 7 heteroatoms. The van der Waals surface area contributed by atoms with E-state index in [0.29, 0.717) is 18.1 Å². The van der Waals surface area contributed by atoms with Crippen LogP contribution in [0.5, 0.6) is 17.2 Å². The van der Waals surface area contributed by atoms with Crippen molar-refractivity contribution >= 4 is 11.9 Å². The number of rotatable bonds is 8. The molecule has 3 rings (SSSR count). The van der Waals surface area contributed by atoms with E-state index in [1.54, 1.807) is 18.2 Å². The Morgan fingerprint density at radius 1 is 1.18 bits per heavy atom. The Labute approximate surface area is 163 Å². The van der Waals surface area contributed by atoms with Crippen LogP contribution >= 0.6 is 0 Å². The highest BCUT2D eigenvalue weighted by atomic mass is 16.5. The van der Waals surface area contributed by atoms with Crippen LogP contribution in [0.1, 0.15) is 23.5 Å². The van der Waals surface area contributed by atoms with Gasteiger partial charge >= 0.3 is 11.9 Å². The molecule has 0 aliphatic carbocycles. The number of ether oxygens (including phenoxy) is 3. The van der Waals surface area contributed by atoms with Gasteiger partial charge < -0.3 is 24.2 Å². The molecule has 7 nitrogen and oxygen atoms in total. The molecular weight excluding hydrogens is 362 g/mol. The predicted molar refractivity (Wildman–Crippen MR) is 102 cm³/mol. The van der Waals surface area contributed by atoms with E-state index in [1.807, 2.05) is 43.3 Å². The van der Waals surface area contributed by atoms with Crippen molar-refractivity contribution in [1.82, 2.24) is 4.90 Å². The van der Waals surface area contributed by atoms with Gasteiger partial charge in [-0.2, -0.15) is 0 Å². The third-order valence-corrected chi connectivity index (χ3v) is 4.41. The van der Waals surface area contributed by atoms with Gasteiger partial charge in [-0.25, -0.2) is 4.79 Å². The first-order chi connectivity index (χ1) is 13.4. The molecule has 0 spiro atoms. The van der Waals surface area contributed by atoms with Gasteiger partial charge in [-0.15, -0.1) is 0 Å². The van der Waals surface area contributed by atoms with E-state index in [1.165, 1.54) is 0 Å². The summed E-state index contributed by atoms with van der Waals surface area (Å²) < 4.78 is 16.5. The second-order valence-electron chi connectivity index (χ2n) is 6.80. The van der Waals surface area contributed by atoms with Crippen molar-refractivity contribution in [2.24, 2.45) is 0 Å². The van der Waals surface area contributed by atoms with Gasteiger partial charge in [-0.05, 0) is 26.2 Å². The summed E-state index contributed by atoms with van der Waals surface area (Å²) in [5, 5.41) is 8.75. The minimum atomic E-state index is -1.07. The fourth-order valence-corrected chi connectivity index (χ4v) is 3.08. The molecule has 0 amide bonds. The largest absolute Gasteiger partial charge is 0.492 e. The van der Waals surface area contributed by atoms with Crippen LogP contribution in [0.4, 0.5) is 0 Å². The quantitative estimate of drug-likeness (QED) is 0.552. The average molecular weight is 385 g/mol. The normalized spacial score (nSPS) is 15.7. The molecule has 0 fully saturated rings. The number of benzene rings is 2. The third-order valence-electron chi connectivity index (χ3n) is 4.41. The molecule has 1 aliphatic heterocycles. The van der Waals surface area contributed by atoms with Crippen LogP contribution in [-0.4, -0.2) is 55.8 Å². The Bertz CT molecular complexity index is 864. The van der Waals surface area contributed by atoms with Crippen LogP contribution < -0.4 is 14.2 Å². The number of aliphatic carboxylic acids is 1. The number of carbonyl (C=O) groups excluding carboxylic acids is 1. The summed E-state index contributed by atoms with van der Waals surface area (Å²) in [4.78, 5) is 24.9. The molecule has 28 heavy (non-hydrogen) atoms. The first kappa shape index (κ1) is 19.7. The zero-order chi connectivity index (χ0) is 20.1. The topological polar surface area (TPSA) is 85.3 Å². The molecule has 1 unspecified atom stereocenters. The van der Waals surface area contributed by atoms with Gasteiger partial charge in [0.05, 0.1) is 6.42 Å². The molecule has 148 valence electrons. The number of carbonyl (C=O) groups is 2. The fourth-order valence-electron chi connectivity index (χ4n) is 3.08. The number of carboxylic acids is 1. The van der Waals surface area contributed by atoms with Crippen molar-refractivity contribution in [1.29, 1.82) is 0 Å². The Morgan fingerprint density at radius 2 is 1.96 bits per heavy atom. The molecule has 0 aromatic heterocycles. The highest BCUT2D eigenvalue weighted by molar-refractivity contribution is 5.78. The van der Waals surface area contributed by atoms with E-state index in [0.717, 1.165) is 23.4 Å². The minimum absolute atomic E-state index is 0.205. The lowest BCUT2D eigenvalue weighted by molar-refractivity contribution is -0.139. The molecule has 1 heterocycles. The minimum Gasteiger partial charge on any atom is -0.492 e. The molecular formula is C21H23NO6. The van der Waals surface area contributed by atoms with Gasteiger partial charge in [-0.1, -0.05) is 24.3 Å². The van der Waals surface area contributed by atoms with Gasteiger partial charge in [0, 0.05) is 29.7 Å². The number of hydrogen-bond donors (Lipinski definition) is 1. The molecule has 0 radical (unpaired) electrons. The molecule has 2 aromatic rings. The number of fused-ring (bicyclic) bond motifs is 1. The highest BCUT2D eigenvalue weighted by Crippen LogP contribution is 2.43.